The molecule has 0 aliphatic carbocycles. The lowest BCUT2D eigenvalue weighted by Gasteiger charge is -2.27. The van der Waals surface area contributed by atoms with Crippen molar-refractivity contribution >= 4 is 41.1 Å². The molecule has 0 N–H and O–H groups in total. The van der Waals surface area contributed by atoms with Crippen LogP contribution in [0.2, 0.25) is 0 Å². The lowest BCUT2D eigenvalue weighted by molar-refractivity contribution is -0.571. The molecule has 1 aliphatic heterocycles. The minimum absolute atomic E-state index is 0.472. The second-order valence-corrected chi connectivity index (χ2v) is 6.18. The van der Waals surface area contributed by atoms with Crippen LogP contribution >= 0.6 is 34.8 Å². The zero-order chi connectivity index (χ0) is 13.8. The van der Waals surface area contributed by atoms with E-state index in [9.17, 15) is 10.1 Å². The molecule has 1 atom stereocenters. The molecule has 0 bridgehead atoms. The van der Waals surface area contributed by atoms with Gasteiger partial charge in [-0.15, -0.1) is 0 Å². The van der Waals surface area contributed by atoms with E-state index in [2.05, 4.69) is 12.0 Å². The third-order valence-corrected chi connectivity index (χ3v) is 3.15. The molecule has 1 heterocycles. The van der Waals surface area contributed by atoms with Crippen LogP contribution in [-0.2, 0) is 0 Å². The van der Waals surface area contributed by atoms with Crippen LogP contribution in [0.4, 0.5) is 0 Å². The zero-order valence-corrected chi connectivity index (χ0v) is 12.2. The maximum Gasteiger partial charge on any atom is 0.387 e. The normalized spacial score (nSPS) is 19.7. The number of unbranched alkanes of at least 4 members (excludes halogenated alkanes) is 3. The summed E-state index contributed by atoms with van der Waals surface area (Å²) >= 11 is 17.0. The third-order valence-electron chi connectivity index (χ3n) is 2.56. The highest BCUT2D eigenvalue weighted by Crippen LogP contribution is 2.34. The second kappa shape index (κ2) is 6.63. The molecular weight excluding hydrogens is 302 g/mol. The summed E-state index contributed by atoms with van der Waals surface area (Å²) in [7, 11) is 0. The first kappa shape index (κ1) is 15.6. The van der Waals surface area contributed by atoms with E-state index in [-0.39, 0.29) is 0 Å². The Morgan fingerprint density at radius 2 is 2.06 bits per heavy atom. The summed E-state index contributed by atoms with van der Waals surface area (Å²) in [6.07, 6.45) is 3.96. The highest BCUT2D eigenvalue weighted by Gasteiger charge is 2.47. The van der Waals surface area contributed by atoms with Crippen LogP contribution in [0.25, 0.3) is 0 Å². The van der Waals surface area contributed by atoms with Gasteiger partial charge >= 0.3 is 6.29 Å². The van der Waals surface area contributed by atoms with Gasteiger partial charge in [0.15, 0.2) is 0 Å². The molecule has 0 spiro atoms. The van der Waals surface area contributed by atoms with Gasteiger partial charge in [0.2, 0.25) is 0 Å². The molecule has 0 aromatic heterocycles. The molecule has 9 heteroatoms. The van der Waals surface area contributed by atoms with Gasteiger partial charge in [0.1, 0.15) is 6.34 Å². The van der Waals surface area contributed by atoms with E-state index < -0.39 is 15.1 Å². The number of nitrogens with zero attached hydrogens (tertiary/aromatic N) is 4. The Morgan fingerprint density at radius 3 is 2.56 bits per heavy atom. The van der Waals surface area contributed by atoms with E-state index in [1.54, 1.807) is 0 Å². The van der Waals surface area contributed by atoms with E-state index in [1.807, 2.05) is 0 Å². The van der Waals surface area contributed by atoms with Gasteiger partial charge in [-0.05, 0) is 6.42 Å². The monoisotopic (exact) mass is 316 g/mol. The van der Waals surface area contributed by atoms with Crippen molar-refractivity contribution in [3.63, 3.8) is 0 Å². The van der Waals surface area contributed by atoms with Crippen molar-refractivity contribution < 1.29 is 4.92 Å². The Hall–Kier alpha value is -0.460. The molecule has 0 saturated heterocycles. The van der Waals surface area contributed by atoms with Gasteiger partial charge in [0.25, 0.3) is 3.92 Å². The van der Waals surface area contributed by atoms with Crippen molar-refractivity contribution in [3.8, 4) is 0 Å². The molecule has 104 valence electrons. The number of hydrazone groups is 1. The number of nitro groups is 1. The Morgan fingerprint density at radius 1 is 1.39 bits per heavy atom. The van der Waals surface area contributed by atoms with E-state index in [0.29, 0.717) is 6.54 Å². The van der Waals surface area contributed by atoms with Crippen LogP contribution in [0.15, 0.2) is 5.10 Å². The van der Waals surface area contributed by atoms with E-state index >= 15 is 0 Å². The van der Waals surface area contributed by atoms with E-state index in [1.165, 1.54) is 11.3 Å². The molecule has 0 saturated carbocycles. The van der Waals surface area contributed by atoms with Gasteiger partial charge in [0, 0.05) is 6.54 Å². The molecule has 6 nitrogen and oxygen atoms in total. The van der Waals surface area contributed by atoms with Crippen LogP contribution in [0, 0.1) is 10.1 Å². The lowest BCUT2D eigenvalue weighted by Crippen LogP contribution is -2.50. The summed E-state index contributed by atoms with van der Waals surface area (Å²) in [5.41, 5.74) is 0. The average molecular weight is 318 g/mol. The maximum absolute atomic E-state index is 11.0. The summed E-state index contributed by atoms with van der Waals surface area (Å²) in [5, 5.41) is 16.3. The first-order chi connectivity index (χ1) is 8.38. The van der Waals surface area contributed by atoms with Crippen molar-refractivity contribution in [3.05, 3.63) is 10.1 Å². The van der Waals surface area contributed by atoms with Gasteiger partial charge in [-0.2, -0.15) is 5.10 Å². The maximum atomic E-state index is 11.0. The topological polar surface area (TPSA) is 62.0 Å². The van der Waals surface area contributed by atoms with Crippen molar-refractivity contribution in [1.29, 1.82) is 0 Å². The quantitative estimate of drug-likeness (QED) is 0.248. The summed E-state index contributed by atoms with van der Waals surface area (Å²) in [6.45, 7) is 2.57. The molecule has 1 rings (SSSR count). The number of alkyl halides is 3. The van der Waals surface area contributed by atoms with Crippen LogP contribution in [0.3, 0.4) is 0 Å². The SMILES string of the molecule is CCCCCCN1N=CN(C(Cl)(Cl)Cl)C1[N+](=O)[O-]. The average Bonchev–Trinajstić information content (AvgIpc) is 2.67. The molecule has 0 aromatic carbocycles. The first-order valence-electron chi connectivity index (χ1n) is 5.67. The van der Waals surface area contributed by atoms with Crippen LogP contribution in [0.5, 0.6) is 0 Å². The van der Waals surface area contributed by atoms with Gasteiger partial charge in [-0.3, -0.25) is 10.1 Å². The molecule has 1 unspecified atom stereocenters. The molecule has 0 fully saturated rings. The fraction of sp³-hybridized carbons (Fsp3) is 0.889. The molecule has 0 radical (unpaired) electrons. The van der Waals surface area contributed by atoms with Gasteiger partial charge in [-0.1, -0.05) is 61.0 Å². The van der Waals surface area contributed by atoms with Gasteiger partial charge < -0.3 is 0 Å². The van der Waals surface area contributed by atoms with Crippen LogP contribution in [0.1, 0.15) is 32.6 Å². The van der Waals surface area contributed by atoms with Gasteiger partial charge in [0.05, 0.1) is 4.92 Å². The minimum Gasteiger partial charge on any atom is -0.261 e. The minimum atomic E-state index is -1.88. The van der Waals surface area contributed by atoms with Crippen molar-refractivity contribution in [2.45, 2.75) is 42.8 Å². The molecular formula is C9H15Cl3N4O2. The number of halogens is 3. The van der Waals surface area contributed by atoms with Crippen molar-refractivity contribution in [1.82, 2.24) is 9.91 Å². The van der Waals surface area contributed by atoms with Crippen LogP contribution in [-0.4, -0.2) is 37.9 Å². The fourth-order valence-electron chi connectivity index (χ4n) is 1.67. The van der Waals surface area contributed by atoms with E-state index in [0.717, 1.165) is 30.6 Å². The lowest BCUT2D eigenvalue weighted by atomic mass is 10.2. The highest BCUT2D eigenvalue weighted by atomic mass is 35.6. The third kappa shape index (κ3) is 4.03. The van der Waals surface area contributed by atoms with Crippen molar-refractivity contribution in [2.75, 3.05) is 6.54 Å². The standard InChI is InChI=1S/C9H15Cl3N4O2/c1-2-3-4-5-6-15-8(16(17)18)14(7-13-15)9(10,11)12/h7-8H,2-6H2,1H3. The van der Waals surface area contributed by atoms with Gasteiger partial charge in [-0.25, -0.2) is 9.91 Å². The molecule has 0 amide bonds. The first-order valence-corrected chi connectivity index (χ1v) is 6.80. The fourth-order valence-corrected chi connectivity index (χ4v) is 2.06. The Balaban J connectivity index is 2.59. The molecule has 18 heavy (non-hydrogen) atoms. The Labute approximate surface area is 121 Å². The largest absolute Gasteiger partial charge is 0.387 e. The Kier molecular flexibility index (Phi) is 5.75. The van der Waals surface area contributed by atoms with Crippen LogP contribution < -0.4 is 0 Å². The summed E-state index contributed by atoms with van der Waals surface area (Å²) in [5.74, 6) is 0. The highest BCUT2D eigenvalue weighted by molar-refractivity contribution is 6.67. The van der Waals surface area contributed by atoms with E-state index in [4.69, 9.17) is 34.8 Å². The van der Waals surface area contributed by atoms with Crippen molar-refractivity contribution in [2.24, 2.45) is 5.10 Å². The summed E-state index contributed by atoms with van der Waals surface area (Å²) in [4.78, 5) is 11.5. The summed E-state index contributed by atoms with van der Waals surface area (Å²) in [6, 6.07) is 0. The Bertz CT molecular complexity index is 321. The zero-order valence-electron chi connectivity index (χ0n) is 9.93. The predicted octanol–water partition coefficient (Wildman–Crippen LogP) is 3.02. The summed E-state index contributed by atoms with van der Waals surface area (Å²) < 4.78 is -1.88. The number of hydrogen-bond donors (Lipinski definition) is 0. The second-order valence-electron chi connectivity index (χ2n) is 3.96. The number of hydrogen-bond acceptors (Lipinski definition) is 5. The predicted molar refractivity (Wildman–Crippen MR) is 72.3 cm³/mol. The molecule has 1 aliphatic rings. The molecule has 0 aromatic rings. The smallest absolute Gasteiger partial charge is 0.261 e. The number of rotatable bonds is 6.